The highest BCUT2D eigenvalue weighted by Gasteiger charge is 2.04. The molecule has 1 aromatic heterocycles. The molecule has 86 valence electrons. The third-order valence-electron chi connectivity index (χ3n) is 3.06. The largest absolute Gasteiger partial charge is 0.331 e. The third kappa shape index (κ3) is 2.09. The summed E-state index contributed by atoms with van der Waals surface area (Å²) in [5, 5.41) is 3.17. The molecule has 0 aliphatic carbocycles. The molecule has 0 bridgehead atoms. The number of rotatable bonds is 4. The van der Waals surface area contributed by atoms with Gasteiger partial charge in [0.05, 0.1) is 11.0 Å². The Morgan fingerprint density at radius 3 is 2.94 bits per heavy atom. The van der Waals surface area contributed by atoms with Crippen molar-refractivity contribution >= 4 is 11.0 Å². The summed E-state index contributed by atoms with van der Waals surface area (Å²) in [7, 11) is 4.07. The monoisotopic (exact) mass is 217 g/mol. The second kappa shape index (κ2) is 4.66. The zero-order chi connectivity index (χ0) is 11.5. The van der Waals surface area contributed by atoms with Crippen LogP contribution in [0.4, 0.5) is 0 Å². The van der Waals surface area contributed by atoms with Crippen LogP contribution in [0.25, 0.3) is 11.0 Å². The zero-order valence-electron chi connectivity index (χ0n) is 10.2. The van der Waals surface area contributed by atoms with Gasteiger partial charge in [-0.25, -0.2) is 4.98 Å². The van der Waals surface area contributed by atoms with E-state index < -0.39 is 0 Å². The number of hydrogen-bond acceptors (Lipinski definition) is 2. The molecule has 3 heteroatoms. The minimum atomic E-state index is 1.07. The fourth-order valence-corrected chi connectivity index (χ4v) is 1.98. The molecule has 0 saturated heterocycles. The van der Waals surface area contributed by atoms with Crippen molar-refractivity contribution in [3.05, 3.63) is 29.6 Å². The van der Waals surface area contributed by atoms with Crippen LogP contribution < -0.4 is 5.32 Å². The summed E-state index contributed by atoms with van der Waals surface area (Å²) < 4.78 is 2.15. The topological polar surface area (TPSA) is 29.9 Å². The molecule has 0 aliphatic rings. The average Bonchev–Trinajstić information content (AvgIpc) is 2.56. The van der Waals surface area contributed by atoms with Crippen LogP contribution in [0.5, 0.6) is 0 Å². The molecule has 0 saturated carbocycles. The van der Waals surface area contributed by atoms with Gasteiger partial charge in [-0.1, -0.05) is 6.07 Å². The number of aryl methyl sites for hydroxylation is 3. The van der Waals surface area contributed by atoms with E-state index in [0.29, 0.717) is 0 Å². The molecule has 1 N–H and O–H groups in total. The number of aromatic nitrogens is 2. The van der Waals surface area contributed by atoms with Crippen LogP contribution in [0.1, 0.15) is 17.8 Å². The molecule has 1 aromatic carbocycles. The van der Waals surface area contributed by atoms with E-state index in [0.717, 1.165) is 24.3 Å². The number of hydrogen-bond donors (Lipinski definition) is 1. The summed E-state index contributed by atoms with van der Waals surface area (Å²) in [5.41, 5.74) is 3.72. The lowest BCUT2D eigenvalue weighted by Crippen LogP contribution is -2.08. The Morgan fingerprint density at radius 2 is 2.19 bits per heavy atom. The minimum absolute atomic E-state index is 1.07. The second-order valence-electron chi connectivity index (χ2n) is 4.25. The van der Waals surface area contributed by atoms with Crippen molar-refractivity contribution in [3.63, 3.8) is 0 Å². The molecule has 1 heterocycles. The van der Waals surface area contributed by atoms with Gasteiger partial charge < -0.3 is 9.88 Å². The van der Waals surface area contributed by atoms with E-state index in [1.54, 1.807) is 0 Å². The number of benzene rings is 1. The van der Waals surface area contributed by atoms with Gasteiger partial charge in [0.25, 0.3) is 0 Å². The van der Waals surface area contributed by atoms with Gasteiger partial charge in [0.1, 0.15) is 5.82 Å². The number of nitrogens with one attached hydrogen (secondary N) is 1. The van der Waals surface area contributed by atoms with Crippen LogP contribution in [-0.2, 0) is 13.5 Å². The molecule has 16 heavy (non-hydrogen) atoms. The summed E-state index contributed by atoms with van der Waals surface area (Å²) in [5.74, 6) is 1.07. The van der Waals surface area contributed by atoms with Crippen LogP contribution >= 0.6 is 0 Å². The Labute approximate surface area is 96.5 Å². The van der Waals surface area contributed by atoms with Gasteiger partial charge >= 0.3 is 0 Å². The summed E-state index contributed by atoms with van der Waals surface area (Å²) in [4.78, 5) is 4.50. The van der Waals surface area contributed by atoms with E-state index in [9.17, 15) is 0 Å². The van der Waals surface area contributed by atoms with Gasteiger partial charge in [-0.15, -0.1) is 0 Å². The number of fused-ring (bicyclic) bond motifs is 1. The molecule has 0 atom stereocenters. The summed E-state index contributed by atoms with van der Waals surface area (Å²) in [6.07, 6.45) is 2.31. The van der Waals surface area contributed by atoms with Crippen molar-refractivity contribution < 1.29 is 0 Å². The molecule has 3 nitrogen and oxygen atoms in total. The Balaban J connectivity index is 2.25. The van der Waals surface area contributed by atoms with Crippen LogP contribution in [0.2, 0.25) is 0 Å². The highest BCUT2D eigenvalue weighted by molar-refractivity contribution is 5.76. The second-order valence-corrected chi connectivity index (χ2v) is 4.25. The van der Waals surface area contributed by atoms with E-state index in [-0.39, 0.29) is 0 Å². The molecule has 0 aliphatic heterocycles. The predicted molar refractivity (Wildman–Crippen MR) is 67.7 cm³/mol. The standard InChI is InChI=1S/C13H19N3/c1-10-15-12-7-6-11(5-4-8-14-2)9-13(12)16(10)3/h6-7,9,14H,4-5,8H2,1-3H3. The normalized spacial score (nSPS) is 11.2. The molecular formula is C13H19N3. The highest BCUT2D eigenvalue weighted by atomic mass is 15.0. The maximum Gasteiger partial charge on any atom is 0.106 e. The van der Waals surface area contributed by atoms with Crippen molar-refractivity contribution in [3.8, 4) is 0 Å². The fraction of sp³-hybridized carbons (Fsp3) is 0.462. The summed E-state index contributed by atoms with van der Waals surface area (Å²) in [6.45, 7) is 3.11. The lowest BCUT2D eigenvalue weighted by atomic mass is 10.1. The Morgan fingerprint density at radius 1 is 1.38 bits per heavy atom. The van der Waals surface area contributed by atoms with Crippen molar-refractivity contribution in [2.75, 3.05) is 13.6 Å². The first kappa shape index (κ1) is 11.1. The van der Waals surface area contributed by atoms with Crippen molar-refractivity contribution in [1.29, 1.82) is 0 Å². The van der Waals surface area contributed by atoms with E-state index in [1.807, 2.05) is 14.0 Å². The van der Waals surface area contributed by atoms with E-state index in [1.165, 1.54) is 17.5 Å². The Bertz CT molecular complexity index is 485. The molecule has 2 rings (SSSR count). The summed E-state index contributed by atoms with van der Waals surface area (Å²) in [6, 6.07) is 6.56. The van der Waals surface area contributed by atoms with Gasteiger partial charge in [-0.3, -0.25) is 0 Å². The number of nitrogens with zero attached hydrogens (tertiary/aromatic N) is 2. The molecule has 0 spiro atoms. The van der Waals surface area contributed by atoms with E-state index >= 15 is 0 Å². The van der Waals surface area contributed by atoms with Crippen LogP contribution in [-0.4, -0.2) is 23.1 Å². The SMILES string of the molecule is CNCCCc1ccc2nc(C)n(C)c2c1. The zero-order valence-corrected chi connectivity index (χ0v) is 10.2. The van der Waals surface area contributed by atoms with Gasteiger partial charge in [-0.05, 0) is 51.1 Å². The van der Waals surface area contributed by atoms with Crippen LogP contribution in [0, 0.1) is 6.92 Å². The molecule has 0 amide bonds. The van der Waals surface area contributed by atoms with Crippen molar-refractivity contribution in [1.82, 2.24) is 14.9 Å². The summed E-state index contributed by atoms with van der Waals surface area (Å²) >= 11 is 0. The highest BCUT2D eigenvalue weighted by Crippen LogP contribution is 2.17. The minimum Gasteiger partial charge on any atom is -0.331 e. The van der Waals surface area contributed by atoms with Gasteiger partial charge in [-0.2, -0.15) is 0 Å². The Hall–Kier alpha value is -1.35. The van der Waals surface area contributed by atoms with Crippen LogP contribution in [0.3, 0.4) is 0 Å². The average molecular weight is 217 g/mol. The predicted octanol–water partition coefficient (Wildman–Crippen LogP) is 2.03. The molecule has 0 fully saturated rings. The lowest BCUT2D eigenvalue weighted by molar-refractivity contribution is 0.725. The molecule has 0 unspecified atom stereocenters. The first-order valence-corrected chi connectivity index (χ1v) is 5.79. The maximum absolute atomic E-state index is 4.50. The third-order valence-corrected chi connectivity index (χ3v) is 3.06. The smallest absolute Gasteiger partial charge is 0.106 e. The quantitative estimate of drug-likeness (QED) is 0.794. The first-order chi connectivity index (χ1) is 7.72. The van der Waals surface area contributed by atoms with Crippen LogP contribution in [0.15, 0.2) is 18.2 Å². The van der Waals surface area contributed by atoms with E-state index in [4.69, 9.17) is 0 Å². The van der Waals surface area contributed by atoms with E-state index in [2.05, 4.69) is 40.1 Å². The van der Waals surface area contributed by atoms with Gasteiger partial charge in [0.2, 0.25) is 0 Å². The maximum atomic E-state index is 4.50. The van der Waals surface area contributed by atoms with Gasteiger partial charge in [0.15, 0.2) is 0 Å². The lowest BCUT2D eigenvalue weighted by Gasteiger charge is -2.02. The molecule has 2 aromatic rings. The molecule has 0 radical (unpaired) electrons. The molecular weight excluding hydrogens is 198 g/mol. The fourth-order valence-electron chi connectivity index (χ4n) is 1.98. The first-order valence-electron chi connectivity index (χ1n) is 5.79. The number of imidazole rings is 1. The van der Waals surface area contributed by atoms with Crippen molar-refractivity contribution in [2.45, 2.75) is 19.8 Å². The van der Waals surface area contributed by atoms with Gasteiger partial charge in [0, 0.05) is 7.05 Å². The Kier molecular flexibility index (Phi) is 3.25. The van der Waals surface area contributed by atoms with Crippen molar-refractivity contribution in [2.24, 2.45) is 7.05 Å².